The highest BCUT2D eigenvalue weighted by Crippen LogP contribution is 2.43. The van der Waals surface area contributed by atoms with Crippen molar-refractivity contribution in [2.75, 3.05) is 47.5 Å². The smallest absolute Gasteiger partial charge is 0.462 e. The van der Waals surface area contributed by atoms with Gasteiger partial charge in [0.05, 0.1) is 27.7 Å². The second-order valence-electron chi connectivity index (χ2n) is 12.2. The zero-order valence-corrected chi connectivity index (χ0v) is 28.4. The number of hydrogen-bond donors (Lipinski definition) is 1. The molecule has 0 bridgehead atoms. The molecule has 9 nitrogen and oxygen atoms in total. The molecule has 0 aliphatic rings. The van der Waals surface area contributed by atoms with E-state index in [4.69, 9.17) is 18.5 Å². The van der Waals surface area contributed by atoms with Gasteiger partial charge in [0, 0.05) is 12.8 Å². The van der Waals surface area contributed by atoms with Gasteiger partial charge in [-0.1, -0.05) is 96.6 Å². The number of carbonyl (C=O) groups is 2. The van der Waals surface area contributed by atoms with Crippen LogP contribution in [0.1, 0.15) is 129 Å². The third kappa shape index (κ3) is 28.9. The normalized spacial score (nSPS) is 14.1. The van der Waals surface area contributed by atoms with Crippen LogP contribution in [0.15, 0.2) is 12.2 Å². The van der Waals surface area contributed by atoms with Crippen LogP contribution in [0.3, 0.4) is 0 Å². The largest absolute Gasteiger partial charge is 0.472 e. The minimum Gasteiger partial charge on any atom is -0.462 e. The monoisotopic (exact) mass is 620 g/mol. The molecule has 10 heteroatoms. The van der Waals surface area contributed by atoms with Gasteiger partial charge in [-0.05, 0) is 32.1 Å². The van der Waals surface area contributed by atoms with Gasteiger partial charge in [-0.2, -0.15) is 0 Å². The molecule has 0 aliphatic heterocycles. The van der Waals surface area contributed by atoms with Gasteiger partial charge in [0.1, 0.15) is 19.8 Å². The maximum atomic E-state index is 12.5. The minimum absolute atomic E-state index is 0.0321. The second kappa shape index (κ2) is 26.2. The third-order valence-electron chi connectivity index (χ3n) is 6.78. The Bertz CT molecular complexity index is 753. The Kier molecular flexibility index (Phi) is 25.4. The van der Waals surface area contributed by atoms with Crippen LogP contribution < -0.4 is 0 Å². The molecule has 42 heavy (non-hydrogen) atoms. The van der Waals surface area contributed by atoms with E-state index in [9.17, 15) is 19.0 Å². The molecule has 0 saturated carbocycles. The Labute approximate surface area is 256 Å². The lowest BCUT2D eigenvalue weighted by Crippen LogP contribution is -2.37. The van der Waals surface area contributed by atoms with E-state index in [-0.39, 0.29) is 32.0 Å². The van der Waals surface area contributed by atoms with Crippen LogP contribution in [0.5, 0.6) is 0 Å². The van der Waals surface area contributed by atoms with Gasteiger partial charge in [-0.15, -0.1) is 0 Å². The number of phosphoric acid groups is 1. The van der Waals surface area contributed by atoms with Crippen molar-refractivity contribution in [2.24, 2.45) is 0 Å². The number of nitrogens with zero attached hydrogens (tertiary/aromatic N) is 1. The fourth-order valence-corrected chi connectivity index (χ4v) is 4.87. The van der Waals surface area contributed by atoms with Crippen LogP contribution in [0.4, 0.5) is 0 Å². The van der Waals surface area contributed by atoms with E-state index >= 15 is 0 Å². The van der Waals surface area contributed by atoms with Crippen LogP contribution in [0.25, 0.3) is 0 Å². The SMILES string of the molecule is CCC/C=C\CCCCCCCC(=O)O[C@@H](COC(=O)CCCCCCCCCC)COP(=O)(O)OCC[N+](C)(C)C. The second-order valence-corrected chi connectivity index (χ2v) is 13.7. The summed E-state index contributed by atoms with van der Waals surface area (Å²) in [6.45, 7) is 4.28. The van der Waals surface area contributed by atoms with Crippen LogP contribution in [0.2, 0.25) is 0 Å². The molecule has 1 unspecified atom stereocenters. The molecular weight excluding hydrogens is 557 g/mol. The first-order valence-electron chi connectivity index (χ1n) is 16.4. The van der Waals surface area contributed by atoms with Crippen molar-refractivity contribution in [1.82, 2.24) is 0 Å². The van der Waals surface area contributed by atoms with Crippen molar-refractivity contribution < 1.29 is 42.1 Å². The number of quaternary nitrogens is 1. The highest BCUT2D eigenvalue weighted by atomic mass is 31.2. The number of hydrogen-bond acceptors (Lipinski definition) is 7. The minimum atomic E-state index is -4.35. The number of ether oxygens (including phenoxy) is 2. The average molecular weight is 621 g/mol. The number of esters is 2. The molecule has 0 aromatic heterocycles. The lowest BCUT2D eigenvalue weighted by atomic mass is 10.1. The lowest BCUT2D eigenvalue weighted by Gasteiger charge is -2.24. The molecule has 0 aromatic rings. The van der Waals surface area contributed by atoms with Crippen molar-refractivity contribution in [3.63, 3.8) is 0 Å². The van der Waals surface area contributed by atoms with Crippen LogP contribution in [0, 0.1) is 0 Å². The number of rotatable bonds is 29. The third-order valence-corrected chi connectivity index (χ3v) is 7.76. The molecule has 248 valence electrons. The molecule has 0 spiro atoms. The van der Waals surface area contributed by atoms with Gasteiger partial charge in [0.2, 0.25) is 0 Å². The number of phosphoric ester groups is 1. The highest BCUT2D eigenvalue weighted by molar-refractivity contribution is 7.47. The van der Waals surface area contributed by atoms with Crippen molar-refractivity contribution in [1.29, 1.82) is 0 Å². The van der Waals surface area contributed by atoms with Crippen molar-refractivity contribution in [3.8, 4) is 0 Å². The highest BCUT2D eigenvalue weighted by Gasteiger charge is 2.27. The predicted octanol–water partition coefficient (Wildman–Crippen LogP) is 7.90. The quantitative estimate of drug-likeness (QED) is 0.0296. The van der Waals surface area contributed by atoms with Crippen LogP contribution in [-0.4, -0.2) is 74.9 Å². The van der Waals surface area contributed by atoms with Gasteiger partial charge < -0.3 is 18.9 Å². The Morgan fingerprint density at radius 1 is 0.714 bits per heavy atom. The molecule has 1 N–H and O–H groups in total. The molecule has 0 fully saturated rings. The predicted molar refractivity (Wildman–Crippen MR) is 169 cm³/mol. The van der Waals surface area contributed by atoms with E-state index < -0.39 is 26.5 Å². The van der Waals surface area contributed by atoms with Gasteiger partial charge in [-0.3, -0.25) is 18.6 Å². The molecule has 0 heterocycles. The van der Waals surface area contributed by atoms with Crippen molar-refractivity contribution in [3.05, 3.63) is 12.2 Å². The number of unbranched alkanes of at least 4 members (excludes halogenated alkanes) is 13. The van der Waals surface area contributed by atoms with Crippen LogP contribution in [-0.2, 0) is 32.7 Å². The number of carbonyl (C=O) groups excluding carboxylic acids is 2. The summed E-state index contributed by atoms with van der Waals surface area (Å²) in [5.41, 5.74) is 0. The first-order chi connectivity index (χ1) is 20.0. The van der Waals surface area contributed by atoms with Gasteiger partial charge in [-0.25, -0.2) is 4.57 Å². The summed E-state index contributed by atoms with van der Waals surface area (Å²) in [6.07, 6.45) is 21.3. The van der Waals surface area contributed by atoms with Gasteiger partial charge >= 0.3 is 19.8 Å². The zero-order valence-electron chi connectivity index (χ0n) is 27.5. The zero-order chi connectivity index (χ0) is 31.5. The van der Waals surface area contributed by atoms with Gasteiger partial charge in [0.25, 0.3) is 0 Å². The number of allylic oxidation sites excluding steroid dienone is 2. The molecule has 0 amide bonds. The van der Waals surface area contributed by atoms with Crippen molar-refractivity contribution >= 4 is 19.8 Å². The Hall–Kier alpha value is -1.25. The standard InChI is InChI=1S/C32H62NO8P/c1-6-8-10-12-14-16-17-19-21-23-25-32(35)41-30(29-40-42(36,37)39-27-26-33(3,4)5)28-38-31(34)24-22-20-18-15-13-11-9-7-2/h10,12,30H,6-9,11,13-29H2,1-5H3/p+1/b12-10-/t30-/m0/s1. The van der Waals surface area contributed by atoms with Crippen LogP contribution >= 0.6 is 7.82 Å². The summed E-state index contributed by atoms with van der Waals surface area (Å²) < 4.78 is 33.9. The average Bonchev–Trinajstić information content (AvgIpc) is 2.92. The molecule has 0 radical (unpaired) electrons. The molecule has 0 saturated heterocycles. The topological polar surface area (TPSA) is 108 Å². The first kappa shape index (κ1) is 40.8. The fourth-order valence-electron chi connectivity index (χ4n) is 4.13. The van der Waals surface area contributed by atoms with E-state index in [1.165, 1.54) is 38.5 Å². The molecule has 0 aromatic carbocycles. The number of likely N-dealkylation sites (N-methyl/N-ethyl adjacent to an activating group) is 1. The lowest BCUT2D eigenvalue weighted by molar-refractivity contribution is -0.870. The van der Waals surface area contributed by atoms with E-state index in [1.54, 1.807) is 0 Å². The van der Waals surface area contributed by atoms with E-state index in [1.807, 2.05) is 21.1 Å². The van der Waals surface area contributed by atoms with E-state index in [0.29, 0.717) is 17.4 Å². The molecule has 2 atom stereocenters. The maximum Gasteiger partial charge on any atom is 0.472 e. The molecule has 0 rings (SSSR count). The fraction of sp³-hybridized carbons (Fsp3) is 0.875. The summed E-state index contributed by atoms with van der Waals surface area (Å²) >= 11 is 0. The molecule has 0 aliphatic carbocycles. The van der Waals surface area contributed by atoms with E-state index in [0.717, 1.165) is 57.8 Å². The van der Waals surface area contributed by atoms with Crippen molar-refractivity contribution in [2.45, 2.75) is 136 Å². The Balaban J connectivity index is 4.54. The summed E-state index contributed by atoms with van der Waals surface area (Å²) in [5, 5.41) is 0. The van der Waals surface area contributed by atoms with E-state index in [2.05, 4.69) is 26.0 Å². The summed E-state index contributed by atoms with van der Waals surface area (Å²) in [7, 11) is 1.47. The summed E-state index contributed by atoms with van der Waals surface area (Å²) in [4.78, 5) is 34.8. The van der Waals surface area contributed by atoms with Gasteiger partial charge in [0.15, 0.2) is 6.10 Å². The maximum absolute atomic E-state index is 12.5. The first-order valence-corrected chi connectivity index (χ1v) is 17.9. The Morgan fingerprint density at radius 3 is 1.86 bits per heavy atom. The summed E-state index contributed by atoms with van der Waals surface area (Å²) in [5.74, 6) is -0.818. The summed E-state index contributed by atoms with van der Waals surface area (Å²) in [6, 6.07) is 0. The molecular formula is C32H63NO8P+. The Morgan fingerprint density at radius 2 is 1.26 bits per heavy atom.